The van der Waals surface area contributed by atoms with Crippen molar-refractivity contribution in [1.82, 2.24) is 14.8 Å². The third-order valence-corrected chi connectivity index (χ3v) is 11.0. The van der Waals surface area contributed by atoms with Crippen molar-refractivity contribution in [2.75, 3.05) is 51.8 Å². The van der Waals surface area contributed by atoms with Gasteiger partial charge in [-0.25, -0.2) is 9.78 Å². The summed E-state index contributed by atoms with van der Waals surface area (Å²) in [5.41, 5.74) is 3.90. The van der Waals surface area contributed by atoms with Crippen LogP contribution in [0.4, 0.5) is 11.5 Å². The van der Waals surface area contributed by atoms with Gasteiger partial charge in [0.05, 0.1) is 45.3 Å². The van der Waals surface area contributed by atoms with Crippen molar-refractivity contribution in [3.05, 3.63) is 83.1 Å². The van der Waals surface area contributed by atoms with Gasteiger partial charge in [0, 0.05) is 38.9 Å². The van der Waals surface area contributed by atoms with E-state index < -0.39 is 21.0 Å². The molecular formula is C41H49N4O7Si. The van der Waals surface area contributed by atoms with Crippen LogP contribution in [0.1, 0.15) is 43.5 Å². The number of aliphatic hydroxyl groups excluding tert-OH is 2. The molecule has 0 saturated carbocycles. The largest absolute Gasteiger partial charge is 0.493 e. The highest BCUT2D eigenvalue weighted by molar-refractivity contribution is 6.48. The van der Waals surface area contributed by atoms with Crippen molar-refractivity contribution in [2.45, 2.75) is 59.2 Å². The van der Waals surface area contributed by atoms with Crippen molar-refractivity contribution in [3.63, 3.8) is 0 Å². The predicted molar refractivity (Wildman–Crippen MR) is 207 cm³/mol. The third kappa shape index (κ3) is 7.54. The van der Waals surface area contributed by atoms with E-state index in [-0.39, 0.29) is 30.3 Å². The zero-order valence-corrected chi connectivity index (χ0v) is 32.6. The molecule has 6 rings (SSSR count). The van der Waals surface area contributed by atoms with Gasteiger partial charge >= 0.3 is 0 Å². The number of carbonyl (C=O) groups is 1. The Morgan fingerprint density at radius 1 is 0.962 bits per heavy atom. The molecule has 3 aromatic carbocycles. The SMILES string of the molecule is COc1cc2cc(CO)c(CO)c(-c3ccnc(N4C(=O)C(=C=O)C(N5CCN(CC(O[Si](C)C)C(C)(C)C)CC5)c5ccccc54)c3)c2cc1OC. The van der Waals surface area contributed by atoms with E-state index in [1.807, 2.05) is 48.4 Å². The topological polar surface area (TPSA) is 125 Å². The fourth-order valence-electron chi connectivity index (χ4n) is 7.52. The number of carbonyl (C=O) groups excluding carboxylic acids is 2. The minimum atomic E-state index is -0.873. The minimum Gasteiger partial charge on any atom is -0.493 e. The molecule has 2 aliphatic rings. The van der Waals surface area contributed by atoms with Crippen LogP contribution in [-0.2, 0) is 27.2 Å². The normalized spacial score (nSPS) is 17.6. The molecule has 1 aromatic heterocycles. The molecule has 2 unspecified atom stereocenters. The number of aromatic nitrogens is 1. The van der Waals surface area contributed by atoms with E-state index in [4.69, 9.17) is 13.9 Å². The molecule has 0 bridgehead atoms. The van der Waals surface area contributed by atoms with Gasteiger partial charge in [-0.1, -0.05) is 39.0 Å². The van der Waals surface area contributed by atoms with Crippen LogP contribution in [0.15, 0.2) is 66.4 Å². The fraction of sp³-hybridized carbons (Fsp3) is 0.415. The highest BCUT2D eigenvalue weighted by atomic mass is 28.3. The number of hydrogen-bond acceptors (Lipinski definition) is 10. The Kier molecular flexibility index (Phi) is 11.5. The number of pyridine rings is 1. The number of anilines is 2. The Hall–Kier alpha value is -4.39. The lowest BCUT2D eigenvalue weighted by molar-refractivity contribution is -0.115. The maximum Gasteiger partial charge on any atom is 0.273 e. The first-order valence-electron chi connectivity index (χ1n) is 17.9. The van der Waals surface area contributed by atoms with E-state index in [0.717, 1.165) is 36.0 Å². The maximum absolute atomic E-state index is 14.5. The summed E-state index contributed by atoms with van der Waals surface area (Å²) in [5.74, 6) is 2.89. The van der Waals surface area contributed by atoms with Crippen molar-refractivity contribution < 1.29 is 33.7 Å². The van der Waals surface area contributed by atoms with Crippen LogP contribution in [0.5, 0.6) is 11.5 Å². The number of methoxy groups -OCH3 is 2. The lowest BCUT2D eigenvalue weighted by Crippen LogP contribution is -2.53. The number of fused-ring (bicyclic) bond motifs is 2. The van der Waals surface area contributed by atoms with Crippen LogP contribution in [0.2, 0.25) is 13.1 Å². The first kappa shape index (κ1) is 38.3. The molecule has 1 radical (unpaired) electrons. The van der Waals surface area contributed by atoms with Gasteiger partial charge < -0.3 is 24.1 Å². The lowest BCUT2D eigenvalue weighted by atomic mass is 9.88. The lowest BCUT2D eigenvalue weighted by Gasteiger charge is -2.44. The quantitative estimate of drug-likeness (QED) is 0.113. The number of amides is 1. The predicted octanol–water partition coefficient (Wildman–Crippen LogP) is 5.68. The average molecular weight is 738 g/mol. The maximum atomic E-state index is 14.5. The highest BCUT2D eigenvalue weighted by Crippen LogP contribution is 2.45. The molecule has 3 heterocycles. The number of benzene rings is 3. The molecule has 12 heteroatoms. The smallest absolute Gasteiger partial charge is 0.273 e. The number of nitrogens with zero attached hydrogens (tertiary/aromatic N) is 4. The van der Waals surface area contributed by atoms with Crippen molar-refractivity contribution in [3.8, 4) is 22.6 Å². The summed E-state index contributed by atoms with van der Waals surface area (Å²) in [4.78, 5) is 38.0. The van der Waals surface area contributed by atoms with Crippen molar-refractivity contribution in [1.29, 1.82) is 0 Å². The van der Waals surface area contributed by atoms with Gasteiger partial charge in [-0.3, -0.25) is 19.5 Å². The van der Waals surface area contributed by atoms with Crippen LogP contribution < -0.4 is 14.4 Å². The number of rotatable bonds is 11. The molecule has 2 N–H and O–H groups in total. The summed E-state index contributed by atoms with van der Waals surface area (Å²) in [5, 5.41) is 22.5. The van der Waals surface area contributed by atoms with Crippen LogP contribution in [0, 0.1) is 5.41 Å². The Labute approximate surface area is 313 Å². The summed E-state index contributed by atoms with van der Waals surface area (Å²) in [6, 6.07) is 16.1. The summed E-state index contributed by atoms with van der Waals surface area (Å²) in [7, 11) is 2.24. The zero-order valence-electron chi connectivity index (χ0n) is 31.6. The van der Waals surface area contributed by atoms with Crippen LogP contribution in [-0.4, -0.2) is 98.9 Å². The van der Waals surface area contributed by atoms with E-state index in [0.29, 0.717) is 58.3 Å². The summed E-state index contributed by atoms with van der Waals surface area (Å²) in [6.07, 6.45) is 1.71. The molecule has 4 aromatic rings. The molecule has 279 valence electrons. The second-order valence-corrected chi connectivity index (χ2v) is 16.9. The zero-order chi connectivity index (χ0) is 38.0. The monoisotopic (exact) mass is 737 g/mol. The molecule has 0 spiro atoms. The van der Waals surface area contributed by atoms with Gasteiger partial charge in [0.25, 0.3) is 5.91 Å². The van der Waals surface area contributed by atoms with Crippen molar-refractivity contribution >= 4 is 43.2 Å². The molecule has 53 heavy (non-hydrogen) atoms. The Morgan fingerprint density at radius 2 is 1.66 bits per heavy atom. The van der Waals surface area contributed by atoms with Gasteiger partial charge in [-0.2, -0.15) is 0 Å². The van der Waals surface area contributed by atoms with E-state index in [2.05, 4.69) is 48.6 Å². The highest BCUT2D eigenvalue weighted by Gasteiger charge is 2.42. The minimum absolute atomic E-state index is 0.00479. The Morgan fingerprint density at radius 3 is 2.28 bits per heavy atom. The average Bonchev–Trinajstić information content (AvgIpc) is 3.15. The second-order valence-electron chi connectivity index (χ2n) is 14.9. The first-order valence-corrected chi connectivity index (χ1v) is 20.3. The molecule has 2 atom stereocenters. The summed E-state index contributed by atoms with van der Waals surface area (Å²) in [6.45, 7) is 14.1. The number of piperazine rings is 1. The Balaban J connectivity index is 1.37. The number of aliphatic hydroxyl groups is 2. The number of para-hydroxylation sites is 1. The van der Waals surface area contributed by atoms with E-state index >= 15 is 0 Å². The molecule has 1 fully saturated rings. The van der Waals surface area contributed by atoms with Gasteiger partial charge in [0.15, 0.2) is 11.5 Å². The van der Waals surface area contributed by atoms with Gasteiger partial charge in [-0.05, 0) is 93.5 Å². The molecule has 1 saturated heterocycles. The van der Waals surface area contributed by atoms with Crippen LogP contribution in [0.25, 0.3) is 21.9 Å². The molecule has 2 aliphatic heterocycles. The van der Waals surface area contributed by atoms with Crippen LogP contribution >= 0.6 is 0 Å². The Bertz CT molecular complexity index is 2030. The number of hydrogen-bond donors (Lipinski definition) is 2. The molecule has 11 nitrogen and oxygen atoms in total. The van der Waals surface area contributed by atoms with Gasteiger partial charge in [0.1, 0.15) is 17.3 Å². The van der Waals surface area contributed by atoms with Crippen molar-refractivity contribution in [2.24, 2.45) is 5.41 Å². The summed E-state index contributed by atoms with van der Waals surface area (Å²) >= 11 is 0. The van der Waals surface area contributed by atoms with E-state index in [1.165, 1.54) is 4.90 Å². The standard InChI is InChI=1S/C41H49N4O7Si/c1-41(2,3)36(52-53(6)7)22-43-14-16-44(17-15-43)39-29-10-8-9-11-33(29)45(40(49)32(39)25-48)37-20-26(12-13-42-37)38-30-21-35(51-5)34(50-4)19-27(30)18-28(23-46)31(38)24-47/h8-13,18-21,36,39,46-47H,14-17,22-24H2,1-7H3. The first-order chi connectivity index (χ1) is 25.4. The van der Waals surface area contributed by atoms with Crippen LogP contribution in [0.3, 0.4) is 0 Å². The van der Waals surface area contributed by atoms with Gasteiger partial charge in [-0.15, -0.1) is 0 Å². The molecule has 0 aliphatic carbocycles. The third-order valence-electron chi connectivity index (χ3n) is 10.3. The molecular weight excluding hydrogens is 689 g/mol. The fourth-order valence-corrected chi connectivity index (χ4v) is 8.52. The summed E-state index contributed by atoms with van der Waals surface area (Å²) < 4.78 is 17.6. The second kappa shape index (κ2) is 15.9. The number of ether oxygens (including phenoxy) is 2. The van der Waals surface area contributed by atoms with Gasteiger partial charge in [0.2, 0.25) is 9.04 Å². The van der Waals surface area contributed by atoms with E-state index in [1.54, 1.807) is 32.5 Å². The molecule has 1 amide bonds. The van der Waals surface area contributed by atoms with E-state index in [9.17, 15) is 19.8 Å².